The number of nitro benzene ring substituents is 1. The number of esters is 2. The van der Waals surface area contributed by atoms with Crippen LogP contribution in [0.3, 0.4) is 0 Å². The van der Waals surface area contributed by atoms with E-state index in [1.54, 1.807) is 46.6 Å². The lowest BCUT2D eigenvalue weighted by Crippen LogP contribution is -2.34. The molecule has 0 spiro atoms. The molecule has 0 saturated carbocycles. The Kier molecular flexibility index (Phi) is 7.25. The molecular weight excluding hydrogens is 412 g/mol. The van der Waals surface area contributed by atoms with Crippen molar-refractivity contribution in [1.29, 1.82) is 0 Å². The molecule has 2 rings (SSSR count). The molecule has 0 amide bonds. The minimum Gasteiger partial charge on any atom is -0.463 e. The zero-order valence-electron chi connectivity index (χ0n) is 17.8. The molecule has 1 atom stereocenters. The summed E-state index contributed by atoms with van der Waals surface area (Å²) in [4.78, 5) is 38.5. The second kappa shape index (κ2) is 9.30. The summed E-state index contributed by atoms with van der Waals surface area (Å²) in [5.74, 6) is -2.23. The maximum Gasteiger partial charge on any atom is 0.337 e. The molecule has 1 aromatic carbocycles. The summed E-state index contributed by atoms with van der Waals surface area (Å²) < 4.78 is 10.7. The zero-order valence-corrected chi connectivity index (χ0v) is 18.6. The van der Waals surface area contributed by atoms with Gasteiger partial charge in [0.2, 0.25) is 0 Å². The number of hydrogen-bond donors (Lipinski definition) is 0. The number of nitro groups is 1. The van der Waals surface area contributed by atoms with Crippen LogP contribution in [0.4, 0.5) is 5.69 Å². The molecule has 9 heteroatoms. The van der Waals surface area contributed by atoms with Gasteiger partial charge in [0.25, 0.3) is 5.69 Å². The number of rotatable bonds is 6. The van der Waals surface area contributed by atoms with Gasteiger partial charge in [-0.2, -0.15) is 0 Å². The maximum absolute atomic E-state index is 13.1. The number of nitrogens with zero attached hydrogens (tertiary/aromatic N) is 2. The lowest BCUT2D eigenvalue weighted by molar-refractivity contribution is -0.384. The number of carbonyl (C=O) groups excluding carboxylic acids is 2. The first-order valence-electron chi connectivity index (χ1n) is 9.48. The van der Waals surface area contributed by atoms with Crippen molar-refractivity contribution in [3.8, 4) is 0 Å². The molecule has 1 aromatic rings. The van der Waals surface area contributed by atoms with E-state index in [-0.39, 0.29) is 34.0 Å². The van der Waals surface area contributed by atoms with Gasteiger partial charge in [0, 0.05) is 35.6 Å². The lowest BCUT2D eigenvalue weighted by Gasteiger charge is -2.36. The Bertz CT molecular complexity index is 951. The Balaban J connectivity index is 2.83. The molecule has 0 bridgehead atoms. The normalized spacial score (nSPS) is 16.8. The van der Waals surface area contributed by atoms with Crippen LogP contribution in [0.2, 0.25) is 5.02 Å². The van der Waals surface area contributed by atoms with E-state index < -0.39 is 28.9 Å². The fraction of sp³-hybridized carbons (Fsp3) is 0.429. The molecule has 0 aromatic heterocycles. The zero-order chi connectivity index (χ0) is 22.7. The first-order valence-corrected chi connectivity index (χ1v) is 9.86. The molecule has 0 aliphatic carbocycles. The summed E-state index contributed by atoms with van der Waals surface area (Å²) in [6.45, 7) is 8.67. The Morgan fingerprint density at radius 1 is 1.20 bits per heavy atom. The summed E-state index contributed by atoms with van der Waals surface area (Å²) in [6.07, 6.45) is -0.401. The minimum absolute atomic E-state index is 0.128. The third kappa shape index (κ3) is 4.48. The topological polar surface area (TPSA) is 99.0 Å². The van der Waals surface area contributed by atoms with Crippen LogP contribution < -0.4 is 0 Å². The molecule has 0 N–H and O–H groups in total. The van der Waals surface area contributed by atoms with E-state index in [0.717, 1.165) is 0 Å². The number of halogens is 1. The van der Waals surface area contributed by atoms with Crippen LogP contribution in [-0.4, -0.2) is 41.5 Å². The van der Waals surface area contributed by atoms with Crippen molar-refractivity contribution < 1.29 is 24.0 Å². The predicted molar refractivity (Wildman–Crippen MR) is 112 cm³/mol. The van der Waals surface area contributed by atoms with E-state index in [1.807, 2.05) is 0 Å². The van der Waals surface area contributed by atoms with Crippen LogP contribution in [0.25, 0.3) is 0 Å². The van der Waals surface area contributed by atoms with Gasteiger partial charge in [-0.05, 0) is 46.2 Å². The quantitative estimate of drug-likeness (QED) is 0.371. The summed E-state index contributed by atoms with van der Waals surface area (Å²) in [7, 11) is 1.72. The number of carbonyl (C=O) groups is 2. The molecule has 0 saturated heterocycles. The highest BCUT2D eigenvalue weighted by Crippen LogP contribution is 2.45. The van der Waals surface area contributed by atoms with E-state index in [1.165, 1.54) is 18.2 Å². The van der Waals surface area contributed by atoms with Crippen LogP contribution in [0.5, 0.6) is 0 Å². The van der Waals surface area contributed by atoms with Gasteiger partial charge in [-0.15, -0.1) is 0 Å². The molecule has 1 aliphatic rings. The Morgan fingerprint density at radius 3 is 2.27 bits per heavy atom. The molecule has 1 heterocycles. The Morgan fingerprint density at radius 2 is 1.77 bits per heavy atom. The number of ether oxygens (including phenoxy) is 2. The first kappa shape index (κ1) is 23.4. The Hall–Kier alpha value is -2.87. The number of hydrogen-bond acceptors (Lipinski definition) is 7. The third-order valence-electron chi connectivity index (χ3n) is 4.92. The van der Waals surface area contributed by atoms with E-state index >= 15 is 0 Å². The molecule has 8 nitrogen and oxygen atoms in total. The van der Waals surface area contributed by atoms with Crippen LogP contribution in [0, 0.1) is 10.1 Å². The predicted octanol–water partition coefficient (Wildman–Crippen LogP) is 4.34. The lowest BCUT2D eigenvalue weighted by atomic mass is 9.79. The van der Waals surface area contributed by atoms with Crippen molar-refractivity contribution >= 4 is 29.2 Å². The Labute approximate surface area is 180 Å². The standard InChI is InChI=1S/C21H25ClN2O6/c1-7-29-20(25)17-12(4)23(6)13(5)18(21(26)30-11(2)3)19(17)15-10-14(24(27)28)8-9-16(15)22/h8-11,19H,7H2,1-6H3. The first-order chi connectivity index (χ1) is 14.0. The number of non-ortho nitro benzene ring substituents is 1. The van der Waals surface area contributed by atoms with Crippen molar-refractivity contribution in [1.82, 2.24) is 4.90 Å². The van der Waals surface area contributed by atoms with Crippen LogP contribution in [0.15, 0.2) is 40.7 Å². The van der Waals surface area contributed by atoms with E-state index in [0.29, 0.717) is 11.4 Å². The molecular formula is C21H25ClN2O6. The van der Waals surface area contributed by atoms with Gasteiger partial charge in [-0.1, -0.05) is 11.6 Å². The summed E-state index contributed by atoms with van der Waals surface area (Å²) in [5.41, 5.74) is 1.53. The van der Waals surface area contributed by atoms with Crippen molar-refractivity contribution in [3.05, 3.63) is 61.4 Å². The van der Waals surface area contributed by atoms with E-state index in [2.05, 4.69) is 0 Å². The highest BCUT2D eigenvalue weighted by atomic mass is 35.5. The number of allylic oxidation sites excluding steroid dienone is 2. The molecule has 1 unspecified atom stereocenters. The average molecular weight is 437 g/mol. The number of benzene rings is 1. The molecule has 1 aliphatic heterocycles. The summed E-state index contributed by atoms with van der Waals surface area (Å²) >= 11 is 6.40. The van der Waals surface area contributed by atoms with Gasteiger partial charge in [-0.3, -0.25) is 10.1 Å². The fourth-order valence-corrected chi connectivity index (χ4v) is 3.60. The van der Waals surface area contributed by atoms with Crippen molar-refractivity contribution in [2.75, 3.05) is 13.7 Å². The average Bonchev–Trinajstić information content (AvgIpc) is 2.65. The molecule has 0 fully saturated rings. The fourth-order valence-electron chi connectivity index (χ4n) is 3.37. The van der Waals surface area contributed by atoms with Gasteiger partial charge < -0.3 is 14.4 Å². The second-order valence-corrected chi connectivity index (χ2v) is 7.53. The van der Waals surface area contributed by atoms with Crippen LogP contribution >= 0.6 is 11.6 Å². The van der Waals surface area contributed by atoms with Crippen molar-refractivity contribution in [2.45, 2.75) is 46.6 Å². The minimum atomic E-state index is -0.973. The molecule has 30 heavy (non-hydrogen) atoms. The molecule has 162 valence electrons. The highest BCUT2D eigenvalue weighted by Gasteiger charge is 2.41. The molecule has 0 radical (unpaired) electrons. The van der Waals surface area contributed by atoms with Crippen molar-refractivity contribution in [2.24, 2.45) is 0 Å². The largest absolute Gasteiger partial charge is 0.463 e. The highest BCUT2D eigenvalue weighted by molar-refractivity contribution is 6.31. The van der Waals surface area contributed by atoms with Gasteiger partial charge in [0.1, 0.15) is 0 Å². The smallest absolute Gasteiger partial charge is 0.337 e. The van der Waals surface area contributed by atoms with Gasteiger partial charge >= 0.3 is 11.9 Å². The van der Waals surface area contributed by atoms with E-state index in [9.17, 15) is 19.7 Å². The summed E-state index contributed by atoms with van der Waals surface area (Å²) in [5, 5.41) is 11.5. The monoisotopic (exact) mass is 436 g/mol. The van der Waals surface area contributed by atoms with E-state index in [4.69, 9.17) is 21.1 Å². The van der Waals surface area contributed by atoms with Crippen LogP contribution in [-0.2, 0) is 19.1 Å². The van der Waals surface area contributed by atoms with Crippen molar-refractivity contribution in [3.63, 3.8) is 0 Å². The van der Waals surface area contributed by atoms with Gasteiger partial charge in [0.15, 0.2) is 0 Å². The second-order valence-electron chi connectivity index (χ2n) is 7.13. The third-order valence-corrected chi connectivity index (χ3v) is 5.27. The van der Waals surface area contributed by atoms with Gasteiger partial charge in [-0.25, -0.2) is 9.59 Å². The SMILES string of the molecule is CCOC(=O)C1=C(C)N(C)C(C)=C(C(=O)OC(C)C)C1c1cc([N+](=O)[O-])ccc1Cl. The maximum atomic E-state index is 13.1. The van der Waals surface area contributed by atoms with Crippen LogP contribution in [0.1, 0.15) is 46.1 Å². The van der Waals surface area contributed by atoms with Gasteiger partial charge in [0.05, 0.1) is 34.7 Å². The summed E-state index contributed by atoms with van der Waals surface area (Å²) in [6, 6.07) is 3.93.